The molecule has 2 rings (SSSR count). The van der Waals surface area contributed by atoms with Crippen LogP contribution in [-0.4, -0.2) is 60.1 Å². The normalized spacial score (nSPS) is 17.1. The summed E-state index contributed by atoms with van der Waals surface area (Å²) in [5.41, 5.74) is 1.26. The number of hydrogen-bond donors (Lipinski definition) is 1. The fraction of sp³-hybridized carbons (Fsp3) is 0.615. The van der Waals surface area contributed by atoms with Crippen LogP contribution in [0.4, 0.5) is 0 Å². The molecule has 1 aliphatic rings. The Hall–Kier alpha value is -0.910. The predicted molar refractivity (Wildman–Crippen MR) is 72.7 cm³/mol. The third-order valence-electron chi connectivity index (χ3n) is 3.35. The topological polar surface area (TPSA) is 43.8 Å². The van der Waals surface area contributed by atoms with Gasteiger partial charge in [0, 0.05) is 39.1 Å². The highest BCUT2D eigenvalue weighted by molar-refractivity contribution is 7.07. The molecule has 100 valence electrons. The third kappa shape index (κ3) is 3.80. The number of aliphatic hydroxyl groups excluding tert-OH is 1. The van der Waals surface area contributed by atoms with E-state index in [9.17, 15) is 4.79 Å². The molecule has 0 saturated carbocycles. The van der Waals surface area contributed by atoms with Gasteiger partial charge in [0.2, 0.25) is 5.91 Å². The van der Waals surface area contributed by atoms with Crippen LogP contribution in [0.25, 0.3) is 0 Å². The molecule has 1 N–H and O–H groups in total. The number of hydrogen-bond acceptors (Lipinski definition) is 4. The molecule has 0 radical (unpaired) electrons. The van der Waals surface area contributed by atoms with Crippen molar-refractivity contribution < 1.29 is 9.90 Å². The van der Waals surface area contributed by atoms with Gasteiger partial charge < -0.3 is 10.0 Å². The minimum absolute atomic E-state index is 0.200. The number of thiophene rings is 1. The number of nitrogens with zero attached hydrogens (tertiary/aromatic N) is 2. The molecule has 5 heteroatoms. The Morgan fingerprint density at radius 1 is 1.33 bits per heavy atom. The van der Waals surface area contributed by atoms with Gasteiger partial charge in [0.25, 0.3) is 0 Å². The highest BCUT2D eigenvalue weighted by Crippen LogP contribution is 2.10. The van der Waals surface area contributed by atoms with Crippen molar-refractivity contribution in [1.29, 1.82) is 0 Å². The third-order valence-corrected chi connectivity index (χ3v) is 4.08. The van der Waals surface area contributed by atoms with Gasteiger partial charge in [0.1, 0.15) is 0 Å². The maximum absolute atomic E-state index is 12.0. The van der Waals surface area contributed by atoms with E-state index in [2.05, 4.69) is 16.3 Å². The maximum Gasteiger partial charge on any atom is 0.222 e. The van der Waals surface area contributed by atoms with Crippen molar-refractivity contribution >= 4 is 17.2 Å². The molecule has 1 aliphatic heterocycles. The Morgan fingerprint density at radius 3 is 2.72 bits per heavy atom. The number of carbonyl (C=O) groups is 1. The lowest BCUT2D eigenvalue weighted by molar-refractivity contribution is -0.132. The first-order valence-corrected chi connectivity index (χ1v) is 7.36. The molecular weight excluding hydrogens is 248 g/mol. The summed E-state index contributed by atoms with van der Waals surface area (Å²) in [6.07, 6.45) is 1.45. The zero-order valence-electron chi connectivity index (χ0n) is 10.5. The van der Waals surface area contributed by atoms with Crippen LogP contribution in [-0.2, 0) is 11.2 Å². The van der Waals surface area contributed by atoms with Crippen molar-refractivity contribution in [3.05, 3.63) is 22.4 Å². The lowest BCUT2D eigenvalue weighted by Gasteiger charge is -2.34. The number of β-amino-alcohol motifs (C(OH)–C–C–N with tert-alkyl or cyclic N) is 1. The van der Waals surface area contributed by atoms with Crippen LogP contribution in [0.5, 0.6) is 0 Å². The van der Waals surface area contributed by atoms with E-state index >= 15 is 0 Å². The molecular formula is C13H20N2O2S. The zero-order valence-corrected chi connectivity index (χ0v) is 11.4. The number of amides is 1. The van der Waals surface area contributed by atoms with Crippen LogP contribution < -0.4 is 0 Å². The Labute approximate surface area is 112 Å². The number of aliphatic hydroxyl groups is 1. The smallest absolute Gasteiger partial charge is 0.222 e. The van der Waals surface area contributed by atoms with Crippen molar-refractivity contribution in [2.24, 2.45) is 0 Å². The van der Waals surface area contributed by atoms with Crippen LogP contribution in [0.3, 0.4) is 0 Å². The molecule has 0 atom stereocenters. The van der Waals surface area contributed by atoms with Crippen molar-refractivity contribution in [1.82, 2.24) is 9.80 Å². The van der Waals surface area contributed by atoms with Gasteiger partial charge >= 0.3 is 0 Å². The predicted octanol–water partition coefficient (Wildman–Crippen LogP) is 0.817. The van der Waals surface area contributed by atoms with Gasteiger partial charge in [0.05, 0.1) is 6.61 Å². The molecule has 1 aromatic heterocycles. The second kappa shape index (κ2) is 6.87. The summed E-state index contributed by atoms with van der Waals surface area (Å²) in [5, 5.41) is 13.0. The SMILES string of the molecule is O=C(CCc1ccsc1)N1CCN(CCO)CC1. The summed E-state index contributed by atoms with van der Waals surface area (Å²) >= 11 is 1.68. The van der Waals surface area contributed by atoms with Gasteiger partial charge in [-0.3, -0.25) is 9.69 Å². The monoisotopic (exact) mass is 268 g/mol. The quantitative estimate of drug-likeness (QED) is 0.860. The fourth-order valence-electron chi connectivity index (χ4n) is 2.21. The molecule has 18 heavy (non-hydrogen) atoms. The fourth-order valence-corrected chi connectivity index (χ4v) is 2.91. The van der Waals surface area contributed by atoms with Crippen molar-refractivity contribution in [2.75, 3.05) is 39.3 Å². The van der Waals surface area contributed by atoms with E-state index < -0.39 is 0 Å². The number of carbonyl (C=O) groups excluding carboxylic acids is 1. The van der Waals surface area contributed by atoms with Crippen LogP contribution in [0.1, 0.15) is 12.0 Å². The van der Waals surface area contributed by atoms with E-state index in [-0.39, 0.29) is 12.5 Å². The first-order chi connectivity index (χ1) is 8.79. The van der Waals surface area contributed by atoms with Gasteiger partial charge in [0.15, 0.2) is 0 Å². The lowest BCUT2D eigenvalue weighted by atomic mass is 10.1. The van der Waals surface area contributed by atoms with E-state index in [0.29, 0.717) is 6.42 Å². The molecule has 0 spiro atoms. The summed E-state index contributed by atoms with van der Waals surface area (Å²) in [6.45, 7) is 4.27. The molecule has 0 unspecified atom stereocenters. The summed E-state index contributed by atoms with van der Waals surface area (Å²) in [4.78, 5) is 16.2. The summed E-state index contributed by atoms with van der Waals surface area (Å²) in [6, 6.07) is 2.08. The van der Waals surface area contributed by atoms with Gasteiger partial charge in [-0.25, -0.2) is 0 Å². The van der Waals surface area contributed by atoms with Gasteiger partial charge in [-0.15, -0.1) is 0 Å². The first-order valence-electron chi connectivity index (χ1n) is 6.41. The summed E-state index contributed by atoms with van der Waals surface area (Å²) in [5.74, 6) is 0.254. The maximum atomic E-state index is 12.0. The van der Waals surface area contributed by atoms with E-state index in [1.54, 1.807) is 11.3 Å². The van der Waals surface area contributed by atoms with Crippen molar-refractivity contribution in [3.63, 3.8) is 0 Å². The highest BCUT2D eigenvalue weighted by atomic mass is 32.1. The van der Waals surface area contributed by atoms with Gasteiger partial charge in [-0.1, -0.05) is 0 Å². The Bertz CT molecular complexity index is 359. The Kier molecular flexibility index (Phi) is 5.16. The number of rotatable bonds is 5. The van der Waals surface area contributed by atoms with Gasteiger partial charge in [-0.05, 0) is 28.8 Å². The van der Waals surface area contributed by atoms with E-state index in [1.807, 2.05) is 10.3 Å². The lowest BCUT2D eigenvalue weighted by Crippen LogP contribution is -2.49. The molecule has 4 nitrogen and oxygen atoms in total. The Balaban J connectivity index is 1.70. The minimum atomic E-state index is 0.200. The molecule has 1 saturated heterocycles. The van der Waals surface area contributed by atoms with Crippen LogP contribution in [0.15, 0.2) is 16.8 Å². The number of piperazine rings is 1. The average molecular weight is 268 g/mol. The minimum Gasteiger partial charge on any atom is -0.395 e. The van der Waals surface area contributed by atoms with Gasteiger partial charge in [-0.2, -0.15) is 11.3 Å². The molecule has 0 bridgehead atoms. The van der Waals surface area contributed by atoms with Crippen LogP contribution in [0.2, 0.25) is 0 Å². The molecule has 0 aliphatic carbocycles. The molecule has 0 aromatic carbocycles. The summed E-state index contributed by atoms with van der Waals surface area (Å²) in [7, 11) is 0. The molecule has 2 heterocycles. The second-order valence-corrected chi connectivity index (χ2v) is 5.36. The second-order valence-electron chi connectivity index (χ2n) is 4.58. The van der Waals surface area contributed by atoms with Crippen LogP contribution >= 0.6 is 11.3 Å². The van der Waals surface area contributed by atoms with Crippen molar-refractivity contribution in [3.8, 4) is 0 Å². The average Bonchev–Trinajstić information content (AvgIpc) is 2.90. The van der Waals surface area contributed by atoms with Crippen LogP contribution in [0, 0.1) is 0 Å². The largest absolute Gasteiger partial charge is 0.395 e. The standard InChI is InChI=1S/C13H20N2O2S/c16-9-8-14-4-6-15(7-5-14)13(17)2-1-12-3-10-18-11-12/h3,10-11,16H,1-2,4-9H2. The van der Waals surface area contributed by atoms with E-state index in [1.165, 1.54) is 5.56 Å². The molecule has 1 aromatic rings. The molecule has 1 fully saturated rings. The Morgan fingerprint density at radius 2 is 2.11 bits per heavy atom. The summed E-state index contributed by atoms with van der Waals surface area (Å²) < 4.78 is 0. The highest BCUT2D eigenvalue weighted by Gasteiger charge is 2.20. The zero-order chi connectivity index (χ0) is 12.8. The first kappa shape index (κ1) is 13.5. The number of aryl methyl sites for hydroxylation is 1. The van der Waals surface area contributed by atoms with Crippen molar-refractivity contribution in [2.45, 2.75) is 12.8 Å². The van der Waals surface area contributed by atoms with E-state index in [0.717, 1.165) is 39.1 Å². The molecule has 1 amide bonds. The van der Waals surface area contributed by atoms with E-state index in [4.69, 9.17) is 5.11 Å².